The molecule has 0 saturated heterocycles. The summed E-state index contributed by atoms with van der Waals surface area (Å²) in [7, 11) is -4.53. The Morgan fingerprint density at radius 2 is 1.24 bits per heavy atom. The van der Waals surface area contributed by atoms with Crippen molar-refractivity contribution in [1.82, 2.24) is 36.9 Å². The Labute approximate surface area is 441 Å². The van der Waals surface area contributed by atoms with Crippen LogP contribution in [0.25, 0.3) is 10.9 Å². The van der Waals surface area contributed by atoms with Gasteiger partial charge in [0.15, 0.2) is 0 Å². The minimum absolute atomic E-state index is 0.0693. The predicted octanol–water partition coefficient (Wildman–Crippen LogP) is 2.39. The van der Waals surface area contributed by atoms with E-state index in [9.17, 15) is 46.8 Å². The van der Waals surface area contributed by atoms with E-state index >= 15 is 0 Å². The number of para-hydroxylation sites is 1. The number of hydrogen-bond donors (Lipinski definition) is 9. The minimum atomic E-state index is -4.53. The number of benzene rings is 3. The van der Waals surface area contributed by atoms with E-state index in [1.54, 1.807) is 33.0 Å². The molecule has 0 aliphatic carbocycles. The highest BCUT2D eigenvalue weighted by molar-refractivity contribution is 7.82. The molecule has 25 heteroatoms. The van der Waals surface area contributed by atoms with Crippen LogP contribution in [-0.2, 0) is 81.8 Å². The quantitative estimate of drug-likeness (QED) is 0.0267. The normalized spacial score (nSPS) is 13.4. The zero-order valence-corrected chi connectivity index (χ0v) is 44.0. The lowest BCUT2D eigenvalue weighted by Gasteiger charge is -2.26. The van der Waals surface area contributed by atoms with Crippen LogP contribution in [0.2, 0.25) is 0 Å². The first kappa shape index (κ1) is 60.9. The molecule has 6 amide bonds. The Bertz CT molecular complexity index is 2700. The van der Waals surface area contributed by atoms with Crippen LogP contribution in [0.5, 0.6) is 5.75 Å². The van der Waals surface area contributed by atoms with Gasteiger partial charge in [-0.3, -0.25) is 28.8 Å². The van der Waals surface area contributed by atoms with Crippen LogP contribution in [0.3, 0.4) is 0 Å². The summed E-state index contributed by atoms with van der Waals surface area (Å²) in [5.41, 5.74) is 1.74. The Morgan fingerprint density at radius 1 is 0.658 bits per heavy atom. The van der Waals surface area contributed by atoms with Gasteiger partial charge in [-0.1, -0.05) is 100 Å². The highest BCUT2D eigenvalue weighted by atomic mass is 32.3. The number of fused-ring (bicyclic) bond motifs is 1. The lowest BCUT2D eigenvalue weighted by Crippen LogP contribution is -2.58. The fraction of sp³-hybridized carbons (Fsp3) is 0.451. The Balaban J connectivity index is 1.52. The second-order valence-corrected chi connectivity index (χ2v) is 19.8. The van der Waals surface area contributed by atoms with Gasteiger partial charge in [-0.15, -0.1) is 0 Å². The van der Waals surface area contributed by atoms with Gasteiger partial charge >= 0.3 is 28.4 Å². The van der Waals surface area contributed by atoms with Crippen LogP contribution >= 0.6 is 0 Å². The largest absolute Gasteiger partial charge is 0.465 e. The third-order valence-electron chi connectivity index (χ3n) is 11.4. The maximum atomic E-state index is 14.3. The number of carbonyl (C=O) groups excluding carboxylic acids is 8. The number of nitrogens with one attached hydrogen (secondary N) is 7. The fourth-order valence-corrected chi connectivity index (χ4v) is 7.96. The van der Waals surface area contributed by atoms with E-state index in [-0.39, 0.29) is 38.0 Å². The molecule has 0 unspecified atom stereocenters. The van der Waals surface area contributed by atoms with Gasteiger partial charge in [-0.25, -0.2) is 9.59 Å². The van der Waals surface area contributed by atoms with E-state index in [0.29, 0.717) is 43.2 Å². The van der Waals surface area contributed by atoms with E-state index in [2.05, 4.69) is 46.0 Å². The smallest absolute Gasteiger partial charge is 0.464 e. The number of alkyl carbamates (subject to hydrolysis) is 1. The van der Waals surface area contributed by atoms with Crippen molar-refractivity contribution in [2.75, 3.05) is 13.2 Å². The lowest BCUT2D eigenvalue weighted by atomic mass is 10.0. The van der Waals surface area contributed by atoms with Crippen molar-refractivity contribution < 1.29 is 69.6 Å². The van der Waals surface area contributed by atoms with Gasteiger partial charge in [0.2, 0.25) is 29.5 Å². The van der Waals surface area contributed by atoms with Gasteiger partial charge in [0.05, 0.1) is 19.6 Å². The Kier molecular flexibility index (Phi) is 24.1. The molecule has 5 atom stereocenters. The van der Waals surface area contributed by atoms with Crippen molar-refractivity contribution in [1.29, 1.82) is 0 Å². The molecule has 0 aliphatic heterocycles. The molecule has 3 aromatic carbocycles. The predicted molar refractivity (Wildman–Crippen MR) is 276 cm³/mol. The first-order chi connectivity index (χ1) is 36.1. The SMILES string of the molecule is CCCC[C@H](NC(=O)[C@H](Cc1ccc(OS(=O)(=O)ON)cc1)NC(=O)OC(C)(C)C)C(=O)NCC(=O)N[C@@H](Cc1c[nH]c2ccccc12)C(=O)N[C@@H](CCCC)C(=O)N[C@@H](CC(=O)ON)C(=O)OCCc1ccccc1. The molecule has 0 bridgehead atoms. The molecule has 414 valence electrons. The topological polar surface area (TPSA) is 357 Å². The monoisotopic (exact) mass is 1080 g/mol. The van der Waals surface area contributed by atoms with E-state index < -0.39 is 107 Å². The van der Waals surface area contributed by atoms with E-state index in [1.807, 2.05) is 62.4 Å². The molecule has 0 fully saturated rings. The Morgan fingerprint density at radius 3 is 1.84 bits per heavy atom. The second kappa shape index (κ2) is 30.1. The average molecular weight is 1080 g/mol. The van der Waals surface area contributed by atoms with Crippen LogP contribution in [0.4, 0.5) is 4.79 Å². The molecule has 1 aromatic heterocycles. The van der Waals surface area contributed by atoms with Crippen molar-refractivity contribution in [3.05, 3.63) is 102 Å². The van der Waals surface area contributed by atoms with Crippen LogP contribution in [0.15, 0.2) is 85.1 Å². The number of amides is 6. The molecule has 24 nitrogen and oxygen atoms in total. The molecule has 0 spiro atoms. The maximum Gasteiger partial charge on any atom is 0.465 e. The van der Waals surface area contributed by atoms with Crippen molar-refractivity contribution in [3.8, 4) is 5.75 Å². The van der Waals surface area contributed by atoms with Crippen molar-refractivity contribution in [3.63, 3.8) is 0 Å². The number of rotatable bonds is 30. The zero-order valence-electron chi connectivity index (χ0n) is 43.1. The number of carbonyl (C=O) groups is 8. The number of hydrogen-bond acceptors (Lipinski definition) is 17. The first-order valence-corrected chi connectivity index (χ1v) is 26.0. The molecule has 4 aromatic rings. The van der Waals surface area contributed by atoms with Gasteiger partial charge in [0.1, 0.15) is 41.6 Å². The Hall–Kier alpha value is -7.61. The molecule has 1 heterocycles. The van der Waals surface area contributed by atoms with Gasteiger partial charge < -0.3 is 55.4 Å². The molecule has 4 rings (SSSR count). The van der Waals surface area contributed by atoms with E-state index in [0.717, 1.165) is 16.5 Å². The molecular formula is C51H69N9O15S. The number of unbranched alkanes of at least 4 members (excludes halogenated alkanes) is 2. The molecule has 0 aliphatic rings. The summed E-state index contributed by atoms with van der Waals surface area (Å²) in [6, 6.07) is 15.1. The summed E-state index contributed by atoms with van der Waals surface area (Å²) in [6.07, 6.45) is 2.47. The van der Waals surface area contributed by atoms with E-state index in [4.69, 9.17) is 25.5 Å². The highest BCUT2D eigenvalue weighted by Gasteiger charge is 2.33. The van der Waals surface area contributed by atoms with Gasteiger partial charge in [-0.05, 0) is 68.5 Å². The lowest BCUT2D eigenvalue weighted by molar-refractivity contribution is -0.154. The number of aromatic amines is 1. The molecule has 0 saturated carbocycles. The molecule has 0 radical (unpaired) electrons. The summed E-state index contributed by atoms with van der Waals surface area (Å²) in [5.74, 6) is 3.70. The average Bonchev–Trinajstić information content (AvgIpc) is 3.79. The summed E-state index contributed by atoms with van der Waals surface area (Å²) >= 11 is 0. The van der Waals surface area contributed by atoms with Crippen molar-refractivity contribution in [2.24, 2.45) is 11.8 Å². The van der Waals surface area contributed by atoms with Gasteiger partial charge in [0, 0.05) is 36.4 Å². The highest BCUT2D eigenvalue weighted by Crippen LogP contribution is 2.20. The fourth-order valence-electron chi connectivity index (χ4n) is 7.57. The number of aromatic nitrogens is 1. The summed E-state index contributed by atoms with van der Waals surface area (Å²) < 4.78 is 42.6. The number of esters is 1. The van der Waals surface area contributed by atoms with Gasteiger partial charge in [0.25, 0.3) is 0 Å². The summed E-state index contributed by atoms with van der Waals surface area (Å²) in [4.78, 5) is 116. The summed E-state index contributed by atoms with van der Waals surface area (Å²) in [5, 5.41) is 16.3. The van der Waals surface area contributed by atoms with Crippen molar-refractivity contribution >= 4 is 68.9 Å². The third-order valence-corrected chi connectivity index (χ3v) is 12.0. The number of H-pyrrole nitrogens is 1. The standard InChI is InChI=1S/C51H69N9O15S/c1-6-8-18-38(57-47(65)40(60-50(68)72-51(3,4)5)27-33-21-23-35(24-22-33)74-76(69,70)75-53)45(63)55-31-43(61)56-41(28-34-30-54-37-20-14-13-17-36(34)37)48(66)58-39(19-9-7-2)46(64)59-42(29-44(62)73-52)49(67)71-26-25-32-15-11-10-12-16-32/h10-17,20-24,30,38-42,54H,6-9,18-19,25-29,31,52-53H2,1-5H3,(H,55,63)(H,56,61)(H,57,65)(H,58,66)(H,59,64)(H,60,68)/t38-,39-,40-,41-,42-/m0/s1. The molecule has 76 heavy (non-hydrogen) atoms. The second-order valence-electron chi connectivity index (χ2n) is 18.6. The van der Waals surface area contributed by atoms with E-state index in [1.165, 1.54) is 24.3 Å². The maximum absolute atomic E-state index is 14.3. The first-order valence-electron chi connectivity index (χ1n) is 24.7. The van der Waals surface area contributed by atoms with Gasteiger partial charge in [-0.2, -0.15) is 24.5 Å². The van der Waals surface area contributed by atoms with Crippen molar-refractivity contribution in [2.45, 2.75) is 135 Å². The molecule has 11 N–H and O–H groups in total. The zero-order chi connectivity index (χ0) is 55.8. The van der Waals surface area contributed by atoms with Crippen LogP contribution in [0.1, 0.15) is 96.3 Å². The van der Waals surface area contributed by atoms with Crippen LogP contribution < -0.4 is 47.9 Å². The summed E-state index contributed by atoms with van der Waals surface area (Å²) in [6.45, 7) is 7.87. The van der Waals surface area contributed by atoms with Crippen LogP contribution in [0, 0.1) is 0 Å². The number of ether oxygens (including phenoxy) is 2. The minimum Gasteiger partial charge on any atom is -0.464 e. The number of nitrogens with two attached hydrogens (primary N) is 2. The van der Waals surface area contributed by atoms with Crippen LogP contribution in [-0.4, -0.2) is 110 Å². The molecular weight excluding hydrogens is 1010 g/mol. The third kappa shape index (κ3) is 21.0.